The number of nitrogens with two attached hydrogens (primary N) is 1. The van der Waals surface area contributed by atoms with Crippen LogP contribution in [0.25, 0.3) is 0 Å². The summed E-state index contributed by atoms with van der Waals surface area (Å²) in [7, 11) is -1.48. The summed E-state index contributed by atoms with van der Waals surface area (Å²) in [6.45, 7) is 1.00. The Morgan fingerprint density at radius 2 is 1.78 bits per heavy atom. The highest BCUT2D eigenvalue weighted by Crippen LogP contribution is 2.22. The lowest BCUT2D eigenvalue weighted by molar-refractivity contribution is 0.315. The Hall–Kier alpha value is -1.11. The summed E-state index contributed by atoms with van der Waals surface area (Å²) in [6, 6.07) is 10.5. The average Bonchev–Trinajstić information content (AvgIpc) is 2.38. The van der Waals surface area contributed by atoms with Gasteiger partial charge in [-0.2, -0.15) is 12.7 Å². The monoisotopic (exact) mass is 269 g/mol. The van der Waals surface area contributed by atoms with Crippen LogP contribution in [-0.4, -0.2) is 38.9 Å². The van der Waals surface area contributed by atoms with Gasteiger partial charge in [0.15, 0.2) is 0 Å². The minimum absolute atomic E-state index is 0.366. The first-order valence-corrected chi connectivity index (χ1v) is 7.54. The molecular weight excluding hydrogens is 250 g/mol. The summed E-state index contributed by atoms with van der Waals surface area (Å²) < 4.78 is 23.8. The second kappa shape index (κ2) is 5.26. The molecule has 0 amide bonds. The van der Waals surface area contributed by atoms with Crippen molar-refractivity contribution in [2.45, 2.75) is 18.9 Å². The maximum Gasteiger partial charge on any atom is 0.276 e. The number of nitrogens with zero attached hydrogens (tertiary/aromatic N) is 2. The van der Waals surface area contributed by atoms with E-state index in [1.165, 1.54) is 4.31 Å². The fraction of sp³-hybridized carbons (Fsp3) is 0.500. The molecule has 2 rings (SSSR count). The lowest BCUT2D eigenvalue weighted by Crippen LogP contribution is -2.47. The van der Waals surface area contributed by atoms with Gasteiger partial charge in [-0.15, -0.1) is 0 Å². The van der Waals surface area contributed by atoms with Gasteiger partial charge < -0.3 is 4.90 Å². The molecule has 1 aromatic rings. The molecule has 0 spiro atoms. The summed E-state index contributed by atoms with van der Waals surface area (Å²) >= 11 is 0. The highest BCUT2D eigenvalue weighted by Gasteiger charge is 2.27. The van der Waals surface area contributed by atoms with Crippen LogP contribution in [0.4, 0.5) is 5.69 Å². The zero-order valence-electron chi connectivity index (χ0n) is 10.5. The molecule has 0 radical (unpaired) electrons. The van der Waals surface area contributed by atoms with Crippen molar-refractivity contribution in [2.24, 2.45) is 5.14 Å². The molecule has 1 aliphatic heterocycles. The van der Waals surface area contributed by atoms with Crippen molar-refractivity contribution in [2.75, 3.05) is 25.0 Å². The molecule has 18 heavy (non-hydrogen) atoms. The smallest absolute Gasteiger partial charge is 0.276 e. The second-order valence-electron chi connectivity index (χ2n) is 4.62. The Morgan fingerprint density at radius 1 is 1.22 bits per heavy atom. The second-order valence-corrected chi connectivity index (χ2v) is 6.17. The number of hydrogen-bond acceptors (Lipinski definition) is 3. The zero-order chi connectivity index (χ0) is 13.2. The molecule has 6 heteroatoms. The molecule has 100 valence electrons. The molecule has 0 bridgehead atoms. The van der Waals surface area contributed by atoms with E-state index < -0.39 is 10.2 Å². The van der Waals surface area contributed by atoms with Crippen LogP contribution in [0.3, 0.4) is 0 Å². The van der Waals surface area contributed by atoms with Crippen molar-refractivity contribution in [1.82, 2.24) is 4.31 Å². The van der Waals surface area contributed by atoms with Gasteiger partial charge in [-0.1, -0.05) is 18.2 Å². The predicted octanol–water partition coefficient (Wildman–Crippen LogP) is 0.791. The molecule has 0 saturated carbocycles. The number of anilines is 1. The van der Waals surface area contributed by atoms with E-state index in [0.29, 0.717) is 19.1 Å². The molecule has 0 aliphatic carbocycles. The van der Waals surface area contributed by atoms with Gasteiger partial charge >= 0.3 is 0 Å². The predicted molar refractivity (Wildman–Crippen MR) is 72.5 cm³/mol. The first-order chi connectivity index (χ1) is 8.48. The Labute approximate surface area is 108 Å². The minimum Gasteiger partial charge on any atom is -0.372 e. The summed E-state index contributed by atoms with van der Waals surface area (Å²) in [5, 5.41) is 5.13. The molecule has 0 aromatic heterocycles. The van der Waals surface area contributed by atoms with Crippen LogP contribution < -0.4 is 10.0 Å². The molecule has 1 heterocycles. The van der Waals surface area contributed by atoms with Gasteiger partial charge in [0.25, 0.3) is 10.2 Å². The van der Waals surface area contributed by atoms with Crippen molar-refractivity contribution in [1.29, 1.82) is 0 Å². The molecule has 1 aliphatic rings. The van der Waals surface area contributed by atoms with E-state index in [1.807, 2.05) is 25.2 Å². The fourth-order valence-corrected chi connectivity index (χ4v) is 3.08. The van der Waals surface area contributed by atoms with Crippen molar-refractivity contribution in [3.05, 3.63) is 30.3 Å². The third-order valence-corrected chi connectivity index (χ3v) is 4.58. The van der Waals surface area contributed by atoms with Crippen LogP contribution in [-0.2, 0) is 10.2 Å². The molecule has 0 unspecified atom stereocenters. The molecular formula is C12H19N3O2S. The van der Waals surface area contributed by atoms with Crippen molar-refractivity contribution in [3.8, 4) is 0 Å². The van der Waals surface area contributed by atoms with Crippen LogP contribution in [0.5, 0.6) is 0 Å². The number of benzene rings is 1. The van der Waals surface area contributed by atoms with Crippen LogP contribution in [0.15, 0.2) is 30.3 Å². The van der Waals surface area contributed by atoms with Gasteiger partial charge in [-0.05, 0) is 25.0 Å². The molecule has 1 saturated heterocycles. The van der Waals surface area contributed by atoms with E-state index >= 15 is 0 Å². The summed E-state index contributed by atoms with van der Waals surface area (Å²) in [5.74, 6) is 0. The maximum atomic E-state index is 11.2. The first-order valence-electron chi connectivity index (χ1n) is 6.04. The molecule has 5 nitrogen and oxygen atoms in total. The lowest BCUT2D eigenvalue weighted by atomic mass is 10.0. The van der Waals surface area contributed by atoms with E-state index in [4.69, 9.17) is 5.14 Å². The molecule has 2 N–H and O–H groups in total. The molecule has 1 aromatic carbocycles. The number of piperidine rings is 1. The van der Waals surface area contributed by atoms with Crippen LogP contribution in [0, 0.1) is 0 Å². The normalized spacial score (nSPS) is 18.8. The van der Waals surface area contributed by atoms with Gasteiger partial charge in [0.05, 0.1) is 0 Å². The van der Waals surface area contributed by atoms with Crippen LogP contribution in [0.1, 0.15) is 12.8 Å². The highest BCUT2D eigenvalue weighted by molar-refractivity contribution is 7.86. The van der Waals surface area contributed by atoms with Gasteiger partial charge in [0, 0.05) is 31.9 Å². The largest absolute Gasteiger partial charge is 0.372 e. The summed E-state index contributed by atoms with van der Waals surface area (Å²) in [6.07, 6.45) is 1.61. The van der Waals surface area contributed by atoms with Crippen molar-refractivity contribution >= 4 is 15.9 Å². The Kier molecular flexibility index (Phi) is 3.89. The van der Waals surface area contributed by atoms with Crippen molar-refractivity contribution < 1.29 is 8.42 Å². The van der Waals surface area contributed by atoms with E-state index in [9.17, 15) is 8.42 Å². The van der Waals surface area contributed by atoms with Gasteiger partial charge in [-0.25, -0.2) is 5.14 Å². The van der Waals surface area contributed by atoms with Gasteiger partial charge in [0.2, 0.25) is 0 Å². The standard InChI is InChI=1S/C12H19N3O2S/c1-14(11-5-3-2-4-6-11)12-7-9-15(10-8-12)18(13,16)17/h2-6,12H,7-10H2,1H3,(H2,13,16,17). The number of para-hydroxylation sites is 1. The third-order valence-electron chi connectivity index (χ3n) is 3.49. The Morgan fingerprint density at radius 3 is 2.28 bits per heavy atom. The summed E-state index contributed by atoms with van der Waals surface area (Å²) in [4.78, 5) is 2.21. The maximum absolute atomic E-state index is 11.2. The quantitative estimate of drug-likeness (QED) is 0.882. The Bertz CT molecular complexity index is 481. The molecule has 0 atom stereocenters. The lowest BCUT2D eigenvalue weighted by Gasteiger charge is -2.36. The third kappa shape index (κ3) is 3.01. The van der Waals surface area contributed by atoms with Gasteiger partial charge in [-0.3, -0.25) is 0 Å². The Balaban J connectivity index is 1.98. The summed E-state index contributed by atoms with van der Waals surface area (Å²) in [5.41, 5.74) is 1.16. The van der Waals surface area contributed by atoms with Crippen molar-refractivity contribution in [3.63, 3.8) is 0 Å². The van der Waals surface area contributed by atoms with E-state index in [-0.39, 0.29) is 0 Å². The van der Waals surface area contributed by atoms with E-state index in [0.717, 1.165) is 18.5 Å². The molecule has 1 fully saturated rings. The highest BCUT2D eigenvalue weighted by atomic mass is 32.2. The number of rotatable bonds is 3. The topological polar surface area (TPSA) is 66.6 Å². The zero-order valence-corrected chi connectivity index (χ0v) is 11.3. The average molecular weight is 269 g/mol. The number of hydrogen-bond donors (Lipinski definition) is 1. The van der Waals surface area contributed by atoms with E-state index in [1.54, 1.807) is 0 Å². The SMILES string of the molecule is CN(c1ccccc1)C1CCN(S(N)(=O)=O)CC1. The van der Waals surface area contributed by atoms with E-state index in [2.05, 4.69) is 17.0 Å². The first kappa shape index (κ1) is 13.3. The van der Waals surface area contributed by atoms with Crippen LogP contribution in [0.2, 0.25) is 0 Å². The van der Waals surface area contributed by atoms with Crippen LogP contribution >= 0.6 is 0 Å². The minimum atomic E-state index is -3.52. The van der Waals surface area contributed by atoms with Gasteiger partial charge in [0.1, 0.15) is 0 Å². The fourth-order valence-electron chi connectivity index (χ4n) is 2.36.